The second-order valence-corrected chi connectivity index (χ2v) is 9.27. The minimum absolute atomic E-state index is 0.488. The van der Waals surface area contributed by atoms with E-state index in [9.17, 15) is 19.5 Å². The summed E-state index contributed by atoms with van der Waals surface area (Å²) in [6.07, 6.45) is 4.74. The van der Waals surface area contributed by atoms with Crippen molar-refractivity contribution < 1.29 is 24.2 Å². The van der Waals surface area contributed by atoms with Crippen LogP contribution in [0.4, 0.5) is 4.79 Å². The molecule has 0 saturated heterocycles. The van der Waals surface area contributed by atoms with Crippen molar-refractivity contribution in [3.05, 3.63) is 35.4 Å². The molecule has 0 saturated carbocycles. The van der Waals surface area contributed by atoms with Gasteiger partial charge in [-0.1, -0.05) is 36.3 Å². The fourth-order valence-corrected chi connectivity index (χ4v) is 2.76. The summed E-state index contributed by atoms with van der Waals surface area (Å²) in [5.74, 6) is -1.30. The van der Waals surface area contributed by atoms with E-state index in [4.69, 9.17) is 11.2 Å². The Balaban J connectivity index is 3.30. The van der Waals surface area contributed by atoms with E-state index in [1.54, 1.807) is 59.7 Å². The van der Waals surface area contributed by atoms with Crippen molar-refractivity contribution in [2.75, 3.05) is 6.61 Å². The van der Waals surface area contributed by atoms with Gasteiger partial charge < -0.3 is 20.5 Å². The molecule has 0 radical (unpaired) electrons. The quantitative estimate of drug-likeness (QED) is 0.473. The topological polar surface area (TPSA) is 108 Å². The summed E-state index contributed by atoms with van der Waals surface area (Å²) in [7, 11) is 0. The third-order valence-electron chi connectivity index (χ3n) is 3.91. The summed E-state index contributed by atoms with van der Waals surface area (Å²) in [6.45, 7) is 11.5. The molecule has 31 heavy (non-hydrogen) atoms. The fraction of sp³-hybridized carbons (Fsp3) is 0.522. The molecule has 0 fully saturated rings. The average molecular weight is 432 g/mol. The number of hydrogen-bond donors (Lipinski definition) is 3. The van der Waals surface area contributed by atoms with Crippen LogP contribution in [0.3, 0.4) is 0 Å². The first-order valence-corrected chi connectivity index (χ1v) is 9.97. The van der Waals surface area contributed by atoms with Gasteiger partial charge in [-0.2, -0.15) is 0 Å². The number of nitrogens with one attached hydrogen (secondary N) is 2. The number of nitrogens with zero attached hydrogens (tertiary/aromatic N) is 1. The Morgan fingerprint density at radius 1 is 1.19 bits per heavy atom. The van der Waals surface area contributed by atoms with E-state index < -0.39 is 47.7 Å². The van der Waals surface area contributed by atoms with Gasteiger partial charge in [0.2, 0.25) is 5.91 Å². The summed E-state index contributed by atoms with van der Waals surface area (Å²) in [4.78, 5) is 39.3. The molecule has 1 aromatic rings. The number of aliphatic hydroxyl groups excluding tert-OH is 1. The monoisotopic (exact) mass is 431 g/mol. The van der Waals surface area contributed by atoms with Crippen molar-refractivity contribution in [2.45, 2.75) is 71.7 Å². The predicted octanol–water partition coefficient (Wildman–Crippen LogP) is 2.26. The van der Waals surface area contributed by atoms with Gasteiger partial charge in [-0.05, 0) is 54.0 Å². The van der Waals surface area contributed by atoms with Crippen LogP contribution in [0.2, 0.25) is 0 Å². The number of terminal acetylenes is 1. The van der Waals surface area contributed by atoms with Crippen LogP contribution in [0.1, 0.15) is 58.7 Å². The maximum atomic E-state index is 13.1. The first kappa shape index (κ1) is 26.0. The van der Waals surface area contributed by atoms with E-state index in [1.165, 1.54) is 0 Å². The van der Waals surface area contributed by atoms with E-state index in [0.29, 0.717) is 5.56 Å². The molecule has 2 atom stereocenters. The molecule has 0 aliphatic rings. The van der Waals surface area contributed by atoms with Gasteiger partial charge in [-0.25, -0.2) is 4.79 Å². The van der Waals surface area contributed by atoms with E-state index in [1.807, 2.05) is 13.0 Å². The highest BCUT2D eigenvalue weighted by Crippen LogP contribution is 2.24. The van der Waals surface area contributed by atoms with Crippen molar-refractivity contribution in [3.8, 4) is 12.5 Å². The van der Waals surface area contributed by atoms with Gasteiger partial charge in [0, 0.05) is 11.6 Å². The highest BCUT2D eigenvalue weighted by atomic mass is 16.6. The number of ether oxygens (including phenoxy) is 1. The second kappa shape index (κ2) is 10.3. The molecular formula is C23H33N3O5. The normalized spacial score (nSPS) is 13.4. The van der Waals surface area contributed by atoms with Crippen molar-refractivity contribution in [1.29, 1.82) is 0 Å². The van der Waals surface area contributed by atoms with Crippen molar-refractivity contribution >= 4 is 17.9 Å². The first-order chi connectivity index (χ1) is 14.2. The van der Waals surface area contributed by atoms with Gasteiger partial charge in [0.1, 0.15) is 17.7 Å². The Bertz CT molecular complexity index is 846. The predicted molar refractivity (Wildman–Crippen MR) is 118 cm³/mol. The summed E-state index contributed by atoms with van der Waals surface area (Å²) in [5, 5.41) is 14.9. The molecule has 0 aliphatic heterocycles. The molecule has 3 amide bonds. The number of carbonyl (C=O) groups excluding carboxylic acids is 3. The number of hydrogen-bond acceptors (Lipinski definition) is 5. The van der Waals surface area contributed by atoms with Crippen molar-refractivity contribution in [2.24, 2.45) is 0 Å². The molecule has 8 nitrogen and oxygen atoms in total. The van der Waals surface area contributed by atoms with Gasteiger partial charge in [0.15, 0.2) is 0 Å². The zero-order chi connectivity index (χ0) is 24.0. The first-order valence-electron chi connectivity index (χ1n) is 9.97. The van der Waals surface area contributed by atoms with Crippen LogP contribution in [0.5, 0.6) is 0 Å². The van der Waals surface area contributed by atoms with Crippen LogP contribution in [-0.2, 0) is 14.3 Å². The molecule has 0 bridgehead atoms. The van der Waals surface area contributed by atoms with Gasteiger partial charge in [0.05, 0.1) is 6.61 Å². The highest BCUT2D eigenvalue weighted by Gasteiger charge is 2.36. The zero-order valence-electron chi connectivity index (χ0n) is 19.3. The number of carbonyl (C=O) groups is 3. The summed E-state index contributed by atoms with van der Waals surface area (Å²) in [5.41, 5.74) is 0.00608. The molecular weight excluding hydrogens is 398 g/mol. The standard InChI is InChI=1S/C23H33N3O5/c1-9-26(20(29)17(14-27)24-21(30)31-23(6,7)8)18(19(28)25-22(3,4)5)16-12-10-11-15(2)13-16/h1,10-13,17-18,27H,14H2,2-8H3,(H,24,30)(H,25,28). The Kier molecular flexibility index (Phi) is 8.64. The summed E-state index contributed by atoms with van der Waals surface area (Å²) >= 11 is 0. The third kappa shape index (κ3) is 8.30. The molecule has 3 N–H and O–H groups in total. The molecule has 0 aromatic heterocycles. The molecule has 0 spiro atoms. The van der Waals surface area contributed by atoms with Crippen LogP contribution in [0, 0.1) is 19.4 Å². The lowest BCUT2D eigenvalue weighted by molar-refractivity contribution is -0.139. The van der Waals surface area contributed by atoms with Crippen LogP contribution < -0.4 is 10.6 Å². The van der Waals surface area contributed by atoms with Gasteiger partial charge in [0.25, 0.3) is 5.91 Å². The lowest BCUT2D eigenvalue weighted by Gasteiger charge is -2.32. The van der Waals surface area contributed by atoms with Gasteiger partial charge in [-0.15, -0.1) is 0 Å². The Labute approximate surface area is 184 Å². The minimum atomic E-state index is -1.39. The van der Waals surface area contributed by atoms with E-state index in [2.05, 4.69) is 16.7 Å². The minimum Gasteiger partial charge on any atom is -0.444 e. The number of rotatable bonds is 6. The number of amides is 3. The Hall–Kier alpha value is -3.05. The Morgan fingerprint density at radius 2 is 1.81 bits per heavy atom. The zero-order valence-corrected chi connectivity index (χ0v) is 19.3. The number of benzene rings is 1. The fourth-order valence-electron chi connectivity index (χ4n) is 2.76. The molecule has 2 unspecified atom stereocenters. The number of aryl methyl sites for hydroxylation is 1. The molecule has 170 valence electrons. The lowest BCUT2D eigenvalue weighted by Crippen LogP contribution is -2.54. The second-order valence-electron chi connectivity index (χ2n) is 9.27. The average Bonchev–Trinajstić information content (AvgIpc) is 2.60. The number of alkyl carbamates (subject to hydrolysis) is 1. The smallest absolute Gasteiger partial charge is 0.408 e. The van der Waals surface area contributed by atoms with E-state index in [0.717, 1.165) is 10.5 Å². The van der Waals surface area contributed by atoms with Crippen molar-refractivity contribution in [1.82, 2.24) is 15.5 Å². The highest BCUT2D eigenvalue weighted by molar-refractivity contribution is 5.93. The van der Waals surface area contributed by atoms with Crippen LogP contribution in [-0.4, -0.2) is 51.7 Å². The molecule has 1 aromatic carbocycles. The third-order valence-corrected chi connectivity index (χ3v) is 3.91. The summed E-state index contributed by atoms with van der Waals surface area (Å²) in [6, 6.07) is 6.74. The molecule has 1 rings (SSSR count). The number of aliphatic hydroxyl groups is 1. The molecule has 0 aliphatic carbocycles. The van der Waals surface area contributed by atoms with Crippen LogP contribution in [0.15, 0.2) is 24.3 Å². The summed E-state index contributed by atoms with van der Waals surface area (Å²) < 4.78 is 5.14. The molecule has 0 heterocycles. The van der Waals surface area contributed by atoms with Gasteiger partial charge in [-0.3, -0.25) is 14.5 Å². The van der Waals surface area contributed by atoms with E-state index in [-0.39, 0.29) is 0 Å². The SMILES string of the molecule is C#CN(C(=O)C(CO)NC(=O)OC(C)(C)C)C(C(=O)NC(C)(C)C)c1cccc(C)c1. The largest absolute Gasteiger partial charge is 0.444 e. The Morgan fingerprint density at radius 3 is 2.26 bits per heavy atom. The lowest BCUT2D eigenvalue weighted by atomic mass is 9.99. The van der Waals surface area contributed by atoms with Crippen molar-refractivity contribution in [3.63, 3.8) is 0 Å². The van der Waals surface area contributed by atoms with Gasteiger partial charge >= 0.3 is 6.09 Å². The maximum absolute atomic E-state index is 13.1. The molecule has 8 heteroatoms. The van der Waals surface area contributed by atoms with Crippen LogP contribution in [0.25, 0.3) is 0 Å². The van der Waals surface area contributed by atoms with E-state index >= 15 is 0 Å². The van der Waals surface area contributed by atoms with Crippen LogP contribution >= 0.6 is 0 Å². The maximum Gasteiger partial charge on any atom is 0.408 e.